The Morgan fingerprint density at radius 1 is 1.39 bits per heavy atom. The van der Waals surface area contributed by atoms with E-state index >= 15 is 0 Å². The first-order valence-corrected chi connectivity index (χ1v) is 5.64. The van der Waals surface area contributed by atoms with Crippen molar-refractivity contribution in [3.8, 4) is 5.88 Å². The number of aliphatic hydroxyl groups is 1. The van der Waals surface area contributed by atoms with Gasteiger partial charge < -0.3 is 9.84 Å². The van der Waals surface area contributed by atoms with Gasteiger partial charge >= 0.3 is 6.36 Å². The summed E-state index contributed by atoms with van der Waals surface area (Å²) in [6, 6.07) is 0.745. The number of hydrogen-bond acceptors (Lipinski definition) is 3. The van der Waals surface area contributed by atoms with Crippen molar-refractivity contribution in [3.63, 3.8) is 0 Å². The van der Waals surface area contributed by atoms with E-state index in [1.165, 1.54) is 0 Å². The van der Waals surface area contributed by atoms with Crippen molar-refractivity contribution < 1.29 is 31.8 Å². The topological polar surface area (TPSA) is 42.4 Å². The Labute approximate surface area is 107 Å². The van der Waals surface area contributed by atoms with Gasteiger partial charge in [0.15, 0.2) is 0 Å². The molecule has 0 spiro atoms. The molecule has 18 heavy (non-hydrogen) atoms. The first-order valence-electron chi connectivity index (χ1n) is 4.52. The molecule has 102 valence electrons. The third-order valence-electron chi connectivity index (χ3n) is 1.92. The minimum absolute atomic E-state index is 0.160. The number of nitrogens with zero attached hydrogens (tertiary/aromatic N) is 1. The van der Waals surface area contributed by atoms with Crippen LogP contribution < -0.4 is 4.74 Å². The summed E-state index contributed by atoms with van der Waals surface area (Å²) >= 11 is 2.84. The maximum absolute atomic E-state index is 12.6. The van der Waals surface area contributed by atoms with E-state index in [2.05, 4.69) is 25.7 Å². The molecule has 1 aromatic heterocycles. The van der Waals surface area contributed by atoms with E-state index in [-0.39, 0.29) is 11.0 Å². The van der Waals surface area contributed by atoms with Gasteiger partial charge in [-0.05, 0) is 6.07 Å². The van der Waals surface area contributed by atoms with Crippen LogP contribution in [0.5, 0.6) is 5.88 Å². The summed E-state index contributed by atoms with van der Waals surface area (Å²) < 4.78 is 64.9. The third kappa shape index (κ3) is 3.77. The molecule has 0 amide bonds. The standard InChI is InChI=1S/C9H7BrF5NO2/c10-2-6-5(7(11)12)1-4(3-17)8(16-6)18-9(13,14)15/h1,7,17H,2-3H2. The summed E-state index contributed by atoms with van der Waals surface area (Å²) in [5.74, 6) is -0.927. The van der Waals surface area contributed by atoms with Gasteiger partial charge in [-0.25, -0.2) is 13.8 Å². The Morgan fingerprint density at radius 2 is 2.00 bits per heavy atom. The van der Waals surface area contributed by atoms with Crippen LogP contribution >= 0.6 is 15.9 Å². The summed E-state index contributed by atoms with van der Waals surface area (Å²) in [6.45, 7) is -0.888. The van der Waals surface area contributed by atoms with Crippen molar-refractivity contribution in [3.05, 3.63) is 22.9 Å². The fourth-order valence-corrected chi connectivity index (χ4v) is 1.65. The van der Waals surface area contributed by atoms with Gasteiger partial charge in [-0.2, -0.15) is 0 Å². The largest absolute Gasteiger partial charge is 0.574 e. The van der Waals surface area contributed by atoms with E-state index in [0.717, 1.165) is 6.07 Å². The highest BCUT2D eigenvalue weighted by Gasteiger charge is 2.33. The molecule has 0 aromatic carbocycles. The molecule has 0 aliphatic heterocycles. The molecule has 0 aliphatic rings. The summed E-state index contributed by atoms with van der Waals surface area (Å²) in [5, 5.41) is 8.68. The van der Waals surface area contributed by atoms with Crippen LogP contribution in [0.4, 0.5) is 22.0 Å². The monoisotopic (exact) mass is 335 g/mol. The highest BCUT2D eigenvalue weighted by atomic mass is 79.9. The lowest BCUT2D eigenvalue weighted by Gasteiger charge is -2.14. The van der Waals surface area contributed by atoms with Crippen LogP contribution in [0.1, 0.15) is 23.2 Å². The molecule has 0 bridgehead atoms. The molecule has 0 saturated heterocycles. The van der Waals surface area contributed by atoms with Crippen LogP contribution in [-0.2, 0) is 11.9 Å². The molecule has 0 radical (unpaired) electrons. The van der Waals surface area contributed by atoms with Crippen molar-refractivity contribution in [2.75, 3.05) is 0 Å². The molecule has 0 saturated carbocycles. The van der Waals surface area contributed by atoms with Gasteiger partial charge in [0, 0.05) is 16.5 Å². The Hall–Kier alpha value is -0.960. The zero-order valence-corrected chi connectivity index (χ0v) is 10.2. The van der Waals surface area contributed by atoms with Gasteiger partial charge in [0.25, 0.3) is 6.43 Å². The molecule has 1 aromatic rings. The lowest BCUT2D eigenvalue weighted by atomic mass is 10.1. The van der Waals surface area contributed by atoms with Gasteiger partial charge in [0.1, 0.15) is 0 Å². The fourth-order valence-electron chi connectivity index (χ4n) is 1.20. The Bertz CT molecular complexity index is 424. The maximum Gasteiger partial charge on any atom is 0.574 e. The Kier molecular flexibility index (Phi) is 4.85. The number of rotatable bonds is 4. The zero-order chi connectivity index (χ0) is 13.9. The van der Waals surface area contributed by atoms with Crippen molar-refractivity contribution >= 4 is 15.9 Å². The quantitative estimate of drug-likeness (QED) is 0.678. The Balaban J connectivity index is 3.26. The lowest BCUT2D eigenvalue weighted by Crippen LogP contribution is -2.20. The highest BCUT2D eigenvalue weighted by molar-refractivity contribution is 9.08. The van der Waals surface area contributed by atoms with Crippen molar-refractivity contribution in [1.82, 2.24) is 4.98 Å². The van der Waals surface area contributed by atoms with Crippen LogP contribution in [0, 0.1) is 0 Å². The molecule has 0 fully saturated rings. The van der Waals surface area contributed by atoms with Crippen LogP contribution in [-0.4, -0.2) is 16.5 Å². The molecule has 9 heteroatoms. The number of halogens is 6. The van der Waals surface area contributed by atoms with Gasteiger partial charge in [0.05, 0.1) is 12.3 Å². The number of hydrogen-bond donors (Lipinski definition) is 1. The minimum Gasteiger partial charge on any atom is -0.391 e. The van der Waals surface area contributed by atoms with Crippen LogP contribution in [0.25, 0.3) is 0 Å². The van der Waals surface area contributed by atoms with E-state index < -0.39 is 36.4 Å². The molecular weight excluding hydrogens is 329 g/mol. The van der Waals surface area contributed by atoms with Crippen LogP contribution in [0.3, 0.4) is 0 Å². The maximum atomic E-state index is 12.6. The summed E-state index contributed by atoms with van der Waals surface area (Å²) in [6.07, 6.45) is -7.91. The number of pyridine rings is 1. The predicted octanol–water partition coefficient (Wildman–Crippen LogP) is 3.31. The normalized spacial score (nSPS) is 12.0. The number of aliphatic hydroxyl groups excluding tert-OH is 1. The molecule has 0 aliphatic carbocycles. The highest BCUT2D eigenvalue weighted by Crippen LogP contribution is 2.31. The van der Waals surface area contributed by atoms with Crippen LogP contribution in [0.15, 0.2) is 6.07 Å². The van der Waals surface area contributed by atoms with Gasteiger partial charge in [-0.1, -0.05) is 15.9 Å². The molecule has 1 heterocycles. The smallest absolute Gasteiger partial charge is 0.391 e. The molecule has 3 nitrogen and oxygen atoms in total. The second-order valence-corrected chi connectivity index (χ2v) is 3.69. The molecular formula is C9H7BrF5NO2. The second-order valence-electron chi connectivity index (χ2n) is 3.13. The molecule has 1 rings (SSSR count). The van der Waals surface area contributed by atoms with Crippen molar-refractivity contribution in [2.24, 2.45) is 0 Å². The first kappa shape index (κ1) is 15.1. The predicted molar refractivity (Wildman–Crippen MR) is 54.4 cm³/mol. The number of alkyl halides is 6. The van der Waals surface area contributed by atoms with Crippen molar-refractivity contribution in [2.45, 2.75) is 24.7 Å². The SMILES string of the molecule is OCc1cc(C(F)F)c(CBr)nc1OC(F)(F)F. The first-order chi connectivity index (χ1) is 8.28. The van der Waals surface area contributed by atoms with E-state index in [9.17, 15) is 22.0 Å². The molecule has 0 unspecified atom stereocenters. The number of aromatic nitrogens is 1. The van der Waals surface area contributed by atoms with E-state index in [1.807, 2.05) is 0 Å². The van der Waals surface area contributed by atoms with E-state index in [0.29, 0.717) is 0 Å². The average Bonchev–Trinajstić information content (AvgIpc) is 2.25. The van der Waals surface area contributed by atoms with E-state index in [1.54, 1.807) is 0 Å². The van der Waals surface area contributed by atoms with Gasteiger partial charge in [-0.3, -0.25) is 0 Å². The summed E-state index contributed by atoms with van der Waals surface area (Å²) in [5.41, 5.74) is -1.28. The third-order valence-corrected chi connectivity index (χ3v) is 2.45. The summed E-state index contributed by atoms with van der Waals surface area (Å²) in [4.78, 5) is 3.34. The van der Waals surface area contributed by atoms with Gasteiger partial charge in [-0.15, -0.1) is 13.2 Å². The van der Waals surface area contributed by atoms with Crippen molar-refractivity contribution in [1.29, 1.82) is 0 Å². The molecule has 0 atom stereocenters. The van der Waals surface area contributed by atoms with Gasteiger partial charge in [0.2, 0.25) is 5.88 Å². The minimum atomic E-state index is -5.01. The summed E-state index contributed by atoms with van der Waals surface area (Å²) in [7, 11) is 0. The molecule has 1 N–H and O–H groups in total. The van der Waals surface area contributed by atoms with E-state index in [4.69, 9.17) is 5.11 Å². The fraction of sp³-hybridized carbons (Fsp3) is 0.444. The Morgan fingerprint density at radius 3 is 2.39 bits per heavy atom. The average molecular weight is 336 g/mol. The van der Waals surface area contributed by atoms with Crippen LogP contribution in [0.2, 0.25) is 0 Å². The zero-order valence-electron chi connectivity index (χ0n) is 8.64. The second kappa shape index (κ2) is 5.79. The number of ether oxygens (including phenoxy) is 1. The lowest BCUT2D eigenvalue weighted by molar-refractivity contribution is -0.276.